The quantitative estimate of drug-likeness (QED) is 0.159. The van der Waals surface area contributed by atoms with Gasteiger partial charge in [0.2, 0.25) is 12.7 Å². The molecule has 0 atom stereocenters. The standard InChI is InChI=1S/C31H24ClN3O5S/c32-22-11-9-20(10-12-22)15-26(35-30(37)21-5-2-1-3-6-21)31(38)34-23-7-4-8-25(16-23)41-18-29(36)33-24-13-14-27-28(17-24)40-19-39-27/h1-17H,18-19H2,(H,33,36)(H,34,38)(H,35,37)/b26-15-. The molecule has 0 bridgehead atoms. The van der Waals surface area contributed by atoms with Crippen molar-refractivity contribution in [3.8, 4) is 11.5 Å². The van der Waals surface area contributed by atoms with E-state index in [1.807, 2.05) is 6.07 Å². The fraction of sp³-hybridized carbons (Fsp3) is 0.0645. The Kier molecular flexibility index (Phi) is 8.88. The van der Waals surface area contributed by atoms with Crippen LogP contribution in [0, 0.1) is 0 Å². The van der Waals surface area contributed by atoms with Crippen molar-refractivity contribution in [1.29, 1.82) is 0 Å². The molecule has 1 aliphatic heterocycles. The van der Waals surface area contributed by atoms with E-state index in [0.717, 1.165) is 4.90 Å². The number of fused-ring (bicyclic) bond motifs is 1. The van der Waals surface area contributed by atoms with Crippen molar-refractivity contribution in [2.24, 2.45) is 0 Å². The summed E-state index contributed by atoms with van der Waals surface area (Å²) in [5, 5.41) is 8.94. The van der Waals surface area contributed by atoms with E-state index < -0.39 is 11.8 Å². The predicted molar refractivity (Wildman–Crippen MR) is 160 cm³/mol. The summed E-state index contributed by atoms with van der Waals surface area (Å²) in [6.07, 6.45) is 1.57. The van der Waals surface area contributed by atoms with Gasteiger partial charge in [0.15, 0.2) is 11.5 Å². The molecular weight excluding hydrogens is 562 g/mol. The number of thioether (sulfide) groups is 1. The first-order valence-electron chi connectivity index (χ1n) is 12.5. The van der Waals surface area contributed by atoms with Gasteiger partial charge in [-0.05, 0) is 66.2 Å². The first-order valence-corrected chi connectivity index (χ1v) is 13.9. The van der Waals surface area contributed by atoms with Crippen LogP contribution >= 0.6 is 23.4 Å². The fourth-order valence-corrected chi connectivity index (χ4v) is 4.73. The second kappa shape index (κ2) is 13.1. The maximum absolute atomic E-state index is 13.3. The Morgan fingerprint density at radius 3 is 2.37 bits per heavy atom. The zero-order valence-electron chi connectivity index (χ0n) is 21.6. The highest BCUT2D eigenvalue weighted by molar-refractivity contribution is 8.00. The molecule has 0 unspecified atom stereocenters. The molecule has 5 rings (SSSR count). The number of benzene rings is 4. The van der Waals surface area contributed by atoms with Crippen molar-refractivity contribution in [2.45, 2.75) is 4.90 Å². The van der Waals surface area contributed by atoms with Crippen LogP contribution in [0.4, 0.5) is 11.4 Å². The topological polar surface area (TPSA) is 106 Å². The summed E-state index contributed by atoms with van der Waals surface area (Å²) in [4.78, 5) is 39.4. The Balaban J connectivity index is 1.24. The average Bonchev–Trinajstić information content (AvgIpc) is 3.45. The monoisotopic (exact) mass is 585 g/mol. The van der Waals surface area contributed by atoms with Crippen LogP contribution in [0.25, 0.3) is 6.08 Å². The number of halogens is 1. The third-order valence-corrected chi connectivity index (χ3v) is 7.07. The number of rotatable bonds is 9. The molecule has 3 amide bonds. The van der Waals surface area contributed by atoms with Gasteiger partial charge in [-0.25, -0.2) is 0 Å². The molecule has 0 fully saturated rings. The Labute approximate surface area is 245 Å². The summed E-state index contributed by atoms with van der Waals surface area (Å²) < 4.78 is 10.6. The minimum absolute atomic E-state index is 0.0577. The van der Waals surface area contributed by atoms with E-state index in [2.05, 4.69) is 16.0 Å². The minimum Gasteiger partial charge on any atom is -0.454 e. The van der Waals surface area contributed by atoms with Gasteiger partial charge in [-0.15, -0.1) is 11.8 Å². The lowest BCUT2D eigenvalue weighted by atomic mass is 10.1. The molecule has 1 heterocycles. The van der Waals surface area contributed by atoms with Crippen molar-refractivity contribution < 1.29 is 23.9 Å². The molecule has 41 heavy (non-hydrogen) atoms. The molecule has 10 heteroatoms. The molecule has 0 aliphatic carbocycles. The van der Waals surface area contributed by atoms with Crippen molar-refractivity contribution in [3.63, 3.8) is 0 Å². The molecule has 0 saturated carbocycles. The third kappa shape index (κ3) is 7.69. The predicted octanol–water partition coefficient (Wildman–Crippen LogP) is 6.21. The smallest absolute Gasteiger partial charge is 0.272 e. The number of anilines is 2. The third-order valence-electron chi connectivity index (χ3n) is 5.83. The molecule has 206 valence electrons. The highest BCUT2D eigenvalue weighted by atomic mass is 35.5. The van der Waals surface area contributed by atoms with Crippen LogP contribution in [0.5, 0.6) is 11.5 Å². The van der Waals surface area contributed by atoms with Gasteiger partial charge in [-0.2, -0.15) is 0 Å². The lowest BCUT2D eigenvalue weighted by Crippen LogP contribution is -2.30. The zero-order valence-corrected chi connectivity index (χ0v) is 23.1. The van der Waals surface area contributed by atoms with Crippen LogP contribution in [0.15, 0.2) is 108 Å². The van der Waals surface area contributed by atoms with Crippen LogP contribution in [0.2, 0.25) is 5.02 Å². The number of carbonyl (C=O) groups is 3. The number of carbonyl (C=O) groups excluding carboxylic acids is 3. The average molecular weight is 586 g/mol. The molecule has 4 aromatic carbocycles. The summed E-state index contributed by atoms with van der Waals surface area (Å²) >= 11 is 7.32. The van der Waals surface area contributed by atoms with Crippen LogP contribution in [-0.2, 0) is 9.59 Å². The minimum atomic E-state index is -0.507. The molecule has 4 aromatic rings. The van der Waals surface area contributed by atoms with Crippen LogP contribution in [-0.4, -0.2) is 30.3 Å². The molecule has 1 aliphatic rings. The summed E-state index contributed by atoms with van der Waals surface area (Å²) in [5.41, 5.74) is 2.28. The Morgan fingerprint density at radius 1 is 0.805 bits per heavy atom. The van der Waals surface area contributed by atoms with Crippen LogP contribution < -0.4 is 25.4 Å². The SMILES string of the molecule is O=C(CSc1cccc(NC(=O)/C(=C/c2ccc(Cl)cc2)NC(=O)c2ccccc2)c1)Nc1ccc2c(c1)OCO2. The van der Waals surface area contributed by atoms with Gasteiger partial charge in [0.25, 0.3) is 11.8 Å². The maximum atomic E-state index is 13.3. The van der Waals surface area contributed by atoms with E-state index in [0.29, 0.717) is 39.0 Å². The van der Waals surface area contributed by atoms with Gasteiger partial charge >= 0.3 is 0 Å². The first kappa shape index (κ1) is 27.8. The van der Waals surface area contributed by atoms with Crippen molar-refractivity contribution in [3.05, 3.63) is 119 Å². The Bertz CT molecular complexity index is 1610. The van der Waals surface area contributed by atoms with Gasteiger partial charge in [-0.3, -0.25) is 14.4 Å². The van der Waals surface area contributed by atoms with E-state index >= 15 is 0 Å². The number of nitrogens with one attached hydrogen (secondary N) is 3. The summed E-state index contributed by atoms with van der Waals surface area (Å²) in [7, 11) is 0. The van der Waals surface area contributed by atoms with Crippen LogP contribution in [0.1, 0.15) is 15.9 Å². The number of hydrogen-bond donors (Lipinski definition) is 3. The van der Waals surface area contributed by atoms with Crippen molar-refractivity contribution >= 4 is 58.5 Å². The molecule has 0 spiro atoms. The molecule has 0 aromatic heterocycles. The normalized spacial score (nSPS) is 12.0. The molecule has 3 N–H and O–H groups in total. The van der Waals surface area contributed by atoms with E-state index in [1.165, 1.54) is 11.8 Å². The fourth-order valence-electron chi connectivity index (χ4n) is 3.85. The first-order chi connectivity index (χ1) is 19.9. The van der Waals surface area contributed by atoms with E-state index in [9.17, 15) is 14.4 Å². The van der Waals surface area contributed by atoms with Gasteiger partial charge in [0, 0.05) is 32.9 Å². The van der Waals surface area contributed by atoms with E-state index in [4.69, 9.17) is 21.1 Å². The highest BCUT2D eigenvalue weighted by Gasteiger charge is 2.16. The highest BCUT2D eigenvalue weighted by Crippen LogP contribution is 2.34. The van der Waals surface area contributed by atoms with E-state index in [-0.39, 0.29) is 24.2 Å². The van der Waals surface area contributed by atoms with Crippen LogP contribution in [0.3, 0.4) is 0 Å². The number of hydrogen-bond acceptors (Lipinski definition) is 6. The Hall–Kier alpha value is -4.73. The van der Waals surface area contributed by atoms with Gasteiger partial charge in [0.05, 0.1) is 5.75 Å². The molecule has 0 radical (unpaired) electrons. The van der Waals surface area contributed by atoms with E-state index in [1.54, 1.807) is 97.1 Å². The number of amides is 3. The van der Waals surface area contributed by atoms with Crippen molar-refractivity contribution in [1.82, 2.24) is 5.32 Å². The lowest BCUT2D eigenvalue weighted by molar-refractivity contribution is -0.114. The Morgan fingerprint density at radius 2 is 1.56 bits per heavy atom. The summed E-state index contributed by atoms with van der Waals surface area (Å²) in [5.74, 6) is 0.261. The summed E-state index contributed by atoms with van der Waals surface area (Å²) in [6.45, 7) is 0.160. The second-order valence-corrected chi connectivity index (χ2v) is 10.3. The van der Waals surface area contributed by atoms with Gasteiger partial charge < -0.3 is 25.4 Å². The lowest BCUT2D eigenvalue weighted by Gasteiger charge is -2.12. The molecular formula is C31H24ClN3O5S. The largest absolute Gasteiger partial charge is 0.454 e. The molecule has 8 nitrogen and oxygen atoms in total. The van der Waals surface area contributed by atoms with Gasteiger partial charge in [-0.1, -0.05) is 48.0 Å². The van der Waals surface area contributed by atoms with Crippen molar-refractivity contribution in [2.75, 3.05) is 23.2 Å². The zero-order chi connectivity index (χ0) is 28.6. The number of ether oxygens (including phenoxy) is 2. The second-order valence-electron chi connectivity index (χ2n) is 8.82. The maximum Gasteiger partial charge on any atom is 0.272 e. The van der Waals surface area contributed by atoms with Gasteiger partial charge in [0.1, 0.15) is 5.70 Å². The summed E-state index contributed by atoms with van der Waals surface area (Å²) in [6, 6.07) is 27.8. The molecule has 0 saturated heterocycles.